The number of rotatable bonds is 5. The van der Waals surface area contributed by atoms with Crippen LogP contribution in [0.2, 0.25) is 0 Å². The molecular weight excluding hydrogens is 332 g/mol. The minimum absolute atomic E-state index is 0.00339. The van der Waals surface area contributed by atoms with Gasteiger partial charge in [-0.15, -0.1) is 0 Å². The molecule has 25 heavy (non-hydrogen) atoms. The number of para-hydroxylation sites is 1. The molecule has 0 aliphatic heterocycles. The third kappa shape index (κ3) is 5.27. The van der Waals surface area contributed by atoms with E-state index in [0.29, 0.717) is 0 Å². The zero-order valence-corrected chi connectivity index (χ0v) is 13.7. The van der Waals surface area contributed by atoms with Crippen LogP contribution in [-0.2, 0) is 4.74 Å². The average Bonchev–Trinajstić information content (AvgIpc) is 2.57. The molecule has 0 aliphatic carbocycles. The molecule has 0 radical (unpaired) electrons. The minimum atomic E-state index is -1.08. The Morgan fingerprint density at radius 3 is 2.48 bits per heavy atom. The lowest BCUT2D eigenvalue weighted by Crippen LogP contribution is -2.18. The van der Waals surface area contributed by atoms with Gasteiger partial charge in [0.25, 0.3) is 5.91 Å². The van der Waals surface area contributed by atoms with E-state index in [1.54, 1.807) is 12.1 Å². The molecule has 5 nitrogen and oxygen atoms in total. The van der Waals surface area contributed by atoms with Crippen LogP contribution in [0.3, 0.4) is 0 Å². The predicted molar refractivity (Wildman–Crippen MR) is 87.6 cm³/mol. The molecule has 0 fully saturated rings. The summed E-state index contributed by atoms with van der Waals surface area (Å²) in [6.45, 7) is 3.93. The molecule has 0 saturated heterocycles. The van der Waals surface area contributed by atoms with E-state index in [4.69, 9.17) is 9.47 Å². The zero-order valence-electron chi connectivity index (χ0n) is 13.7. The van der Waals surface area contributed by atoms with Gasteiger partial charge in [0.05, 0.1) is 12.2 Å². The Balaban J connectivity index is 2.11. The van der Waals surface area contributed by atoms with Crippen molar-refractivity contribution in [3.8, 4) is 5.75 Å². The quantitative estimate of drug-likeness (QED) is 0.642. The summed E-state index contributed by atoms with van der Waals surface area (Å²) in [5, 5.41) is 2.41. The molecule has 2 rings (SSSR count). The number of benzene rings is 2. The number of amides is 1. The Morgan fingerprint density at radius 1 is 1.08 bits per heavy atom. The van der Waals surface area contributed by atoms with Gasteiger partial charge in [-0.05, 0) is 30.2 Å². The molecule has 0 unspecified atom stereocenters. The van der Waals surface area contributed by atoms with Gasteiger partial charge in [-0.1, -0.05) is 26.0 Å². The lowest BCUT2D eigenvalue weighted by molar-refractivity contribution is 0.0877. The Kier molecular flexibility index (Phi) is 6.05. The summed E-state index contributed by atoms with van der Waals surface area (Å²) >= 11 is 0. The fraction of sp³-hybridized carbons (Fsp3) is 0.222. The Morgan fingerprint density at radius 2 is 1.80 bits per heavy atom. The highest BCUT2D eigenvalue weighted by Gasteiger charge is 2.16. The lowest BCUT2D eigenvalue weighted by atomic mass is 10.2. The Hall–Kier alpha value is -2.96. The van der Waals surface area contributed by atoms with E-state index < -0.39 is 23.7 Å². The van der Waals surface area contributed by atoms with E-state index in [2.05, 4.69) is 5.32 Å². The maximum atomic E-state index is 13.2. The van der Waals surface area contributed by atoms with Crippen LogP contribution in [-0.4, -0.2) is 18.7 Å². The van der Waals surface area contributed by atoms with Crippen LogP contribution in [0.25, 0.3) is 0 Å². The zero-order chi connectivity index (χ0) is 18.4. The maximum Gasteiger partial charge on any atom is 0.513 e. The number of anilines is 1. The molecule has 0 aliphatic rings. The summed E-state index contributed by atoms with van der Waals surface area (Å²) in [4.78, 5) is 24.0. The highest BCUT2D eigenvalue weighted by Crippen LogP contribution is 2.21. The standard InChI is InChI=1S/C18H17F2NO4/c1-11(2)10-24-18(23)25-16-6-4-3-5-13(16)17(22)21-12-7-8-14(19)15(20)9-12/h3-9,11H,10H2,1-2H3,(H,21,22). The third-order valence-corrected chi connectivity index (χ3v) is 3.04. The monoisotopic (exact) mass is 349 g/mol. The summed E-state index contributed by atoms with van der Waals surface area (Å²) < 4.78 is 36.1. The number of nitrogens with one attached hydrogen (secondary N) is 1. The molecule has 1 N–H and O–H groups in total. The van der Waals surface area contributed by atoms with Crippen LogP contribution < -0.4 is 10.1 Å². The van der Waals surface area contributed by atoms with Gasteiger partial charge in [-0.3, -0.25) is 4.79 Å². The van der Waals surface area contributed by atoms with Crippen LogP contribution >= 0.6 is 0 Å². The first kappa shape index (κ1) is 18.4. The van der Waals surface area contributed by atoms with Crippen molar-refractivity contribution in [3.05, 3.63) is 59.7 Å². The van der Waals surface area contributed by atoms with Gasteiger partial charge in [-0.25, -0.2) is 13.6 Å². The van der Waals surface area contributed by atoms with E-state index >= 15 is 0 Å². The number of hydrogen-bond donors (Lipinski definition) is 1. The van der Waals surface area contributed by atoms with Crippen LogP contribution in [0.1, 0.15) is 24.2 Å². The molecular formula is C18H17F2NO4. The van der Waals surface area contributed by atoms with Crippen molar-refractivity contribution < 1.29 is 27.8 Å². The van der Waals surface area contributed by atoms with Gasteiger partial charge in [0.2, 0.25) is 0 Å². The molecule has 0 aromatic heterocycles. The van der Waals surface area contributed by atoms with Crippen molar-refractivity contribution in [2.45, 2.75) is 13.8 Å². The first-order valence-electron chi connectivity index (χ1n) is 7.57. The molecule has 0 saturated carbocycles. The fourth-order valence-corrected chi connectivity index (χ4v) is 1.87. The van der Waals surface area contributed by atoms with E-state index in [9.17, 15) is 18.4 Å². The molecule has 7 heteroatoms. The molecule has 0 heterocycles. The van der Waals surface area contributed by atoms with Crippen LogP contribution in [0.4, 0.5) is 19.3 Å². The van der Waals surface area contributed by atoms with Gasteiger partial charge in [0.15, 0.2) is 11.6 Å². The molecule has 2 aromatic rings. The molecule has 1 amide bonds. The lowest BCUT2D eigenvalue weighted by Gasteiger charge is -2.11. The Bertz CT molecular complexity index is 777. The van der Waals surface area contributed by atoms with E-state index in [1.165, 1.54) is 18.2 Å². The highest BCUT2D eigenvalue weighted by molar-refractivity contribution is 6.06. The topological polar surface area (TPSA) is 64.6 Å². The van der Waals surface area contributed by atoms with Crippen molar-refractivity contribution in [1.29, 1.82) is 0 Å². The third-order valence-electron chi connectivity index (χ3n) is 3.04. The second-order valence-electron chi connectivity index (χ2n) is 5.64. The van der Waals surface area contributed by atoms with Gasteiger partial charge in [-0.2, -0.15) is 0 Å². The number of hydrogen-bond acceptors (Lipinski definition) is 4. The number of carbonyl (C=O) groups excluding carboxylic acids is 2. The van der Waals surface area contributed by atoms with Crippen molar-refractivity contribution in [1.82, 2.24) is 0 Å². The van der Waals surface area contributed by atoms with Gasteiger partial charge in [0, 0.05) is 11.8 Å². The van der Waals surface area contributed by atoms with Crippen molar-refractivity contribution >= 4 is 17.7 Å². The van der Waals surface area contributed by atoms with E-state index in [1.807, 2.05) is 13.8 Å². The van der Waals surface area contributed by atoms with Crippen molar-refractivity contribution in [3.63, 3.8) is 0 Å². The maximum absolute atomic E-state index is 13.2. The van der Waals surface area contributed by atoms with Crippen LogP contribution in [0.15, 0.2) is 42.5 Å². The number of carbonyl (C=O) groups is 2. The molecule has 0 spiro atoms. The molecule has 0 bridgehead atoms. The first-order valence-corrected chi connectivity index (χ1v) is 7.57. The minimum Gasteiger partial charge on any atom is -0.434 e. The largest absolute Gasteiger partial charge is 0.513 e. The van der Waals surface area contributed by atoms with Crippen molar-refractivity contribution in [2.75, 3.05) is 11.9 Å². The van der Waals surface area contributed by atoms with Gasteiger partial charge in [0.1, 0.15) is 5.75 Å². The second kappa shape index (κ2) is 8.23. The predicted octanol–water partition coefficient (Wildman–Crippen LogP) is 4.39. The van der Waals surface area contributed by atoms with E-state index in [0.717, 1.165) is 12.1 Å². The summed E-state index contributed by atoms with van der Waals surface area (Å²) in [5.74, 6) is -2.61. The van der Waals surface area contributed by atoms with Crippen molar-refractivity contribution in [2.24, 2.45) is 5.92 Å². The summed E-state index contributed by atoms with van der Waals surface area (Å²) in [5.41, 5.74) is 0.120. The fourth-order valence-electron chi connectivity index (χ4n) is 1.87. The summed E-state index contributed by atoms with van der Waals surface area (Å²) in [6, 6.07) is 8.99. The van der Waals surface area contributed by atoms with Crippen LogP contribution in [0.5, 0.6) is 5.75 Å². The van der Waals surface area contributed by atoms with E-state index in [-0.39, 0.29) is 29.5 Å². The van der Waals surface area contributed by atoms with Gasteiger partial charge >= 0.3 is 6.16 Å². The first-order chi connectivity index (χ1) is 11.9. The average molecular weight is 349 g/mol. The Labute approximate surface area is 143 Å². The molecule has 132 valence electrons. The second-order valence-corrected chi connectivity index (χ2v) is 5.64. The molecule has 2 aromatic carbocycles. The number of ether oxygens (including phenoxy) is 2. The van der Waals surface area contributed by atoms with Gasteiger partial charge < -0.3 is 14.8 Å². The SMILES string of the molecule is CC(C)COC(=O)Oc1ccccc1C(=O)Nc1ccc(F)c(F)c1. The highest BCUT2D eigenvalue weighted by atomic mass is 19.2. The molecule has 0 atom stereocenters. The summed E-state index contributed by atoms with van der Waals surface area (Å²) in [7, 11) is 0. The smallest absolute Gasteiger partial charge is 0.434 e. The normalized spacial score (nSPS) is 10.4. The number of halogens is 2. The van der Waals surface area contributed by atoms with Crippen LogP contribution in [0, 0.1) is 17.6 Å². The summed E-state index contributed by atoms with van der Waals surface area (Å²) in [6.07, 6.45) is -0.929.